The highest BCUT2D eigenvalue weighted by Gasteiger charge is 2.42. The zero-order valence-corrected chi connectivity index (χ0v) is 20.0. The molecule has 0 aliphatic carbocycles. The van der Waals surface area contributed by atoms with Crippen LogP contribution in [-0.2, 0) is 10.4 Å². The Hall–Kier alpha value is -4.00. The summed E-state index contributed by atoms with van der Waals surface area (Å²) in [7, 11) is 0. The first-order valence-electron chi connectivity index (χ1n) is 11.0. The quantitative estimate of drug-likeness (QED) is 0.309. The number of hydrogen-bond acceptors (Lipinski definition) is 4. The standard InChI is InChI=1S/C28H24ClN3O3/c1-19-9-6-11-21(17-19)28(35,22-12-7-10-20(2)18-22)27(34)31-32(23-13-4-3-5-14-23)26(33)24-15-8-16-30-25(24)29/h3-18,35H,1-2H3,(H,31,34). The summed E-state index contributed by atoms with van der Waals surface area (Å²) in [6, 6.07) is 25.9. The lowest BCUT2D eigenvalue weighted by molar-refractivity contribution is -0.136. The van der Waals surface area contributed by atoms with Crippen molar-refractivity contribution >= 4 is 29.1 Å². The zero-order valence-electron chi connectivity index (χ0n) is 19.3. The number of benzene rings is 3. The van der Waals surface area contributed by atoms with Gasteiger partial charge in [-0.1, -0.05) is 89.5 Å². The predicted octanol–water partition coefficient (Wildman–Crippen LogP) is 4.97. The summed E-state index contributed by atoms with van der Waals surface area (Å²) in [6.07, 6.45) is 1.47. The molecule has 176 valence electrons. The second-order valence-electron chi connectivity index (χ2n) is 8.21. The highest BCUT2D eigenvalue weighted by atomic mass is 35.5. The van der Waals surface area contributed by atoms with Crippen LogP contribution in [0.1, 0.15) is 32.6 Å². The van der Waals surface area contributed by atoms with Gasteiger partial charge in [0.15, 0.2) is 5.60 Å². The molecule has 7 heteroatoms. The van der Waals surface area contributed by atoms with Crippen LogP contribution in [0, 0.1) is 13.8 Å². The smallest absolute Gasteiger partial charge is 0.280 e. The summed E-state index contributed by atoms with van der Waals surface area (Å²) in [4.78, 5) is 31.4. The molecule has 0 saturated heterocycles. The molecule has 0 spiro atoms. The van der Waals surface area contributed by atoms with Crippen molar-refractivity contribution in [1.82, 2.24) is 10.4 Å². The summed E-state index contributed by atoms with van der Waals surface area (Å²) in [5, 5.41) is 13.1. The predicted molar refractivity (Wildman–Crippen MR) is 136 cm³/mol. The van der Waals surface area contributed by atoms with Crippen LogP contribution in [0.5, 0.6) is 0 Å². The van der Waals surface area contributed by atoms with Gasteiger partial charge in [-0.15, -0.1) is 0 Å². The molecule has 35 heavy (non-hydrogen) atoms. The molecule has 1 aromatic heterocycles. The fourth-order valence-corrected chi connectivity index (χ4v) is 4.03. The van der Waals surface area contributed by atoms with Crippen LogP contribution in [0.15, 0.2) is 97.2 Å². The van der Waals surface area contributed by atoms with Gasteiger partial charge < -0.3 is 5.11 Å². The maximum atomic E-state index is 13.9. The Bertz CT molecular complexity index is 1330. The van der Waals surface area contributed by atoms with Crippen molar-refractivity contribution in [1.29, 1.82) is 0 Å². The molecule has 0 unspecified atom stereocenters. The van der Waals surface area contributed by atoms with E-state index in [1.165, 1.54) is 12.3 Å². The average Bonchev–Trinajstić information content (AvgIpc) is 2.87. The first-order valence-corrected chi connectivity index (χ1v) is 11.4. The molecule has 0 aliphatic rings. The summed E-state index contributed by atoms with van der Waals surface area (Å²) in [5.74, 6) is -1.40. The average molecular weight is 486 g/mol. The van der Waals surface area contributed by atoms with Crippen LogP contribution in [0.4, 0.5) is 5.69 Å². The van der Waals surface area contributed by atoms with Crippen molar-refractivity contribution in [3.05, 3.63) is 130 Å². The number of pyridine rings is 1. The zero-order chi connectivity index (χ0) is 25.0. The SMILES string of the molecule is Cc1cccc(C(O)(C(=O)NN(C(=O)c2cccnc2Cl)c2ccccc2)c2cccc(C)c2)c1. The number of carbonyl (C=O) groups excluding carboxylic acids is 2. The van der Waals surface area contributed by atoms with Gasteiger partial charge in [0.25, 0.3) is 11.8 Å². The van der Waals surface area contributed by atoms with Gasteiger partial charge in [0.1, 0.15) is 5.15 Å². The van der Waals surface area contributed by atoms with Gasteiger partial charge in [-0.2, -0.15) is 0 Å². The normalized spacial score (nSPS) is 11.1. The van der Waals surface area contributed by atoms with E-state index in [4.69, 9.17) is 11.6 Å². The van der Waals surface area contributed by atoms with Crippen molar-refractivity contribution in [2.24, 2.45) is 0 Å². The minimum Gasteiger partial charge on any atom is -0.372 e. The number of aryl methyl sites for hydroxylation is 2. The Kier molecular flexibility index (Phi) is 6.96. The third-order valence-electron chi connectivity index (χ3n) is 5.62. The van der Waals surface area contributed by atoms with E-state index in [2.05, 4.69) is 10.4 Å². The number of rotatable bonds is 5. The van der Waals surface area contributed by atoms with Crippen molar-refractivity contribution in [2.45, 2.75) is 19.4 Å². The molecule has 0 saturated carbocycles. The molecule has 0 fully saturated rings. The van der Waals surface area contributed by atoms with Gasteiger partial charge in [-0.3, -0.25) is 15.0 Å². The lowest BCUT2D eigenvalue weighted by Crippen LogP contribution is -2.54. The van der Waals surface area contributed by atoms with Gasteiger partial charge in [-0.25, -0.2) is 9.99 Å². The number of nitrogens with one attached hydrogen (secondary N) is 1. The minimum atomic E-state index is -2.08. The van der Waals surface area contributed by atoms with E-state index in [1.807, 2.05) is 26.0 Å². The second kappa shape index (κ2) is 10.1. The van der Waals surface area contributed by atoms with Crippen LogP contribution in [0.3, 0.4) is 0 Å². The largest absolute Gasteiger partial charge is 0.372 e. The molecule has 2 N–H and O–H groups in total. The number of aliphatic hydroxyl groups is 1. The fourth-order valence-electron chi connectivity index (χ4n) is 3.83. The van der Waals surface area contributed by atoms with Gasteiger partial charge >= 0.3 is 0 Å². The topological polar surface area (TPSA) is 82.5 Å². The summed E-state index contributed by atoms with van der Waals surface area (Å²) in [6.45, 7) is 3.75. The van der Waals surface area contributed by atoms with E-state index in [0.29, 0.717) is 16.8 Å². The highest BCUT2D eigenvalue weighted by Crippen LogP contribution is 2.32. The van der Waals surface area contributed by atoms with E-state index in [0.717, 1.165) is 16.1 Å². The first-order chi connectivity index (χ1) is 16.8. The lowest BCUT2D eigenvalue weighted by atomic mass is 9.84. The van der Waals surface area contributed by atoms with Crippen molar-refractivity contribution in [3.8, 4) is 0 Å². The molecular formula is C28H24ClN3O3. The van der Waals surface area contributed by atoms with Gasteiger partial charge in [-0.05, 0) is 49.2 Å². The second-order valence-corrected chi connectivity index (χ2v) is 8.57. The number of amides is 2. The molecule has 0 bridgehead atoms. The molecular weight excluding hydrogens is 462 g/mol. The van der Waals surface area contributed by atoms with Gasteiger partial charge in [0.2, 0.25) is 0 Å². The van der Waals surface area contributed by atoms with Crippen LogP contribution in [0.2, 0.25) is 5.15 Å². The van der Waals surface area contributed by atoms with Crippen LogP contribution >= 0.6 is 11.6 Å². The van der Waals surface area contributed by atoms with Crippen LogP contribution in [-0.4, -0.2) is 21.9 Å². The number of para-hydroxylation sites is 1. The molecule has 3 aromatic carbocycles. The number of aromatic nitrogens is 1. The summed E-state index contributed by atoms with van der Waals surface area (Å²) < 4.78 is 0. The van der Waals surface area contributed by atoms with E-state index in [-0.39, 0.29) is 10.7 Å². The van der Waals surface area contributed by atoms with Crippen molar-refractivity contribution in [3.63, 3.8) is 0 Å². The van der Waals surface area contributed by atoms with Crippen LogP contribution in [0.25, 0.3) is 0 Å². The molecule has 2 amide bonds. The van der Waals surface area contributed by atoms with Crippen LogP contribution < -0.4 is 10.4 Å². The molecule has 0 aliphatic heterocycles. The molecule has 0 radical (unpaired) electrons. The summed E-state index contributed by atoms with van der Waals surface area (Å²) >= 11 is 6.18. The molecule has 6 nitrogen and oxygen atoms in total. The molecule has 4 aromatic rings. The van der Waals surface area contributed by atoms with E-state index < -0.39 is 17.4 Å². The van der Waals surface area contributed by atoms with E-state index >= 15 is 0 Å². The Morgan fingerprint density at radius 1 is 0.857 bits per heavy atom. The van der Waals surface area contributed by atoms with Gasteiger partial charge in [0, 0.05) is 6.20 Å². The number of hydrogen-bond donors (Lipinski definition) is 2. The van der Waals surface area contributed by atoms with Gasteiger partial charge in [0.05, 0.1) is 11.3 Å². The monoisotopic (exact) mass is 485 g/mol. The molecule has 1 heterocycles. The Morgan fingerprint density at radius 3 is 2.00 bits per heavy atom. The molecule has 4 rings (SSSR count). The number of halogens is 1. The lowest BCUT2D eigenvalue weighted by Gasteiger charge is -2.32. The Morgan fingerprint density at radius 2 is 1.46 bits per heavy atom. The number of anilines is 1. The number of nitrogens with zero attached hydrogens (tertiary/aromatic N) is 2. The van der Waals surface area contributed by atoms with Crippen molar-refractivity contribution < 1.29 is 14.7 Å². The first kappa shape index (κ1) is 24.1. The Balaban J connectivity index is 1.82. The van der Waals surface area contributed by atoms with E-state index in [1.54, 1.807) is 72.8 Å². The number of carbonyl (C=O) groups is 2. The Labute approximate surface area is 208 Å². The summed E-state index contributed by atoms with van der Waals surface area (Å²) in [5.41, 5.74) is 3.56. The third kappa shape index (κ3) is 4.94. The highest BCUT2D eigenvalue weighted by molar-refractivity contribution is 6.33. The molecule has 0 atom stereocenters. The number of hydrazine groups is 1. The third-order valence-corrected chi connectivity index (χ3v) is 5.92. The van der Waals surface area contributed by atoms with Crippen molar-refractivity contribution in [2.75, 3.05) is 5.01 Å². The van der Waals surface area contributed by atoms with E-state index in [9.17, 15) is 14.7 Å². The maximum absolute atomic E-state index is 13.9. The fraction of sp³-hybridized carbons (Fsp3) is 0.107. The minimum absolute atomic E-state index is 0.000287. The maximum Gasteiger partial charge on any atom is 0.280 e.